The molecule has 0 N–H and O–H groups in total. The average molecular weight is 176 g/mol. The smallest absolute Gasteiger partial charge is 0.110 e. The normalized spacial score (nSPS) is 9.54. The van der Waals surface area contributed by atoms with Crippen LogP contribution in [-0.4, -0.2) is 9.38 Å². The van der Waals surface area contributed by atoms with Crippen LogP contribution < -0.4 is 0 Å². The fourth-order valence-electron chi connectivity index (χ4n) is 1.25. The number of fused-ring (bicyclic) bond motifs is 1. The molecule has 2 rings (SSSR count). The summed E-state index contributed by atoms with van der Waals surface area (Å²) in [5, 5.41) is 0. The van der Waals surface area contributed by atoms with Gasteiger partial charge in [-0.2, -0.15) is 0 Å². The molecule has 2 aromatic rings. The molecule has 0 spiro atoms. The zero-order chi connectivity index (χ0) is 9.84. The number of rotatable bonds is 0. The summed E-state index contributed by atoms with van der Waals surface area (Å²) in [5.41, 5.74) is 2.44. The lowest BCUT2D eigenvalue weighted by Gasteiger charge is -1.95. The topological polar surface area (TPSA) is 17.3 Å². The van der Waals surface area contributed by atoms with E-state index in [0.717, 1.165) is 5.82 Å². The zero-order valence-corrected chi connectivity index (χ0v) is 8.70. The highest BCUT2D eigenvalue weighted by Gasteiger charge is 1.95. The van der Waals surface area contributed by atoms with Crippen LogP contribution in [0.4, 0.5) is 0 Å². The van der Waals surface area contributed by atoms with Gasteiger partial charge in [-0.25, -0.2) is 4.98 Å². The first kappa shape index (κ1) is 9.78. The maximum absolute atomic E-state index is 4.20. The van der Waals surface area contributed by atoms with E-state index in [1.54, 1.807) is 0 Å². The van der Waals surface area contributed by atoms with Gasteiger partial charge in [0.1, 0.15) is 5.82 Å². The Balaban J connectivity index is 0.000000396. The molecule has 2 heteroatoms. The molecule has 13 heavy (non-hydrogen) atoms. The van der Waals surface area contributed by atoms with Crippen molar-refractivity contribution >= 4 is 5.52 Å². The molecule has 0 fully saturated rings. The van der Waals surface area contributed by atoms with E-state index in [9.17, 15) is 0 Å². The molecule has 0 aliphatic carbocycles. The molecular weight excluding hydrogens is 160 g/mol. The minimum Gasteiger partial charge on any atom is -0.304 e. The lowest BCUT2D eigenvalue weighted by Crippen LogP contribution is -1.86. The quantitative estimate of drug-likeness (QED) is 0.603. The summed E-state index contributed by atoms with van der Waals surface area (Å²) in [6, 6.07) is 4.21. The molecule has 0 aliphatic rings. The molecule has 0 radical (unpaired) electrons. The van der Waals surface area contributed by atoms with Crippen molar-refractivity contribution in [3.8, 4) is 0 Å². The van der Waals surface area contributed by atoms with Gasteiger partial charge in [-0.05, 0) is 31.5 Å². The Labute approximate surface area is 79.2 Å². The van der Waals surface area contributed by atoms with E-state index in [2.05, 4.69) is 28.4 Å². The van der Waals surface area contributed by atoms with E-state index in [4.69, 9.17) is 0 Å². The van der Waals surface area contributed by atoms with Crippen molar-refractivity contribution in [2.75, 3.05) is 0 Å². The molecule has 0 aromatic carbocycles. The molecule has 2 nitrogen and oxygen atoms in total. The van der Waals surface area contributed by atoms with Crippen molar-refractivity contribution in [3.05, 3.63) is 35.9 Å². The van der Waals surface area contributed by atoms with Crippen molar-refractivity contribution in [2.24, 2.45) is 0 Å². The maximum atomic E-state index is 4.20. The summed E-state index contributed by atoms with van der Waals surface area (Å²) in [6.07, 6.45) is 3.94. The van der Waals surface area contributed by atoms with Gasteiger partial charge in [-0.15, -0.1) is 0 Å². The standard InChI is InChI=1S/C9H10N2.C2H6/c1-7-3-4-11-8(2)10-6-9(11)5-7;1-2/h3-6H,1-2H3;1-2H3. The van der Waals surface area contributed by atoms with E-state index in [1.807, 2.05) is 33.2 Å². The lowest BCUT2D eigenvalue weighted by atomic mass is 10.3. The van der Waals surface area contributed by atoms with Crippen LogP contribution in [0, 0.1) is 13.8 Å². The number of imidazole rings is 1. The summed E-state index contributed by atoms with van der Waals surface area (Å²) in [5.74, 6) is 1.04. The Morgan fingerprint density at radius 2 is 1.92 bits per heavy atom. The SMILES string of the molecule is CC.Cc1ccn2c(C)ncc2c1. The number of pyridine rings is 1. The van der Waals surface area contributed by atoms with Gasteiger partial charge < -0.3 is 4.40 Å². The minimum atomic E-state index is 1.04. The molecule has 0 saturated carbocycles. The average Bonchev–Trinajstić information content (AvgIpc) is 2.51. The number of hydrogen-bond donors (Lipinski definition) is 0. The molecule has 0 saturated heterocycles. The van der Waals surface area contributed by atoms with Crippen LogP contribution in [0.2, 0.25) is 0 Å². The van der Waals surface area contributed by atoms with E-state index < -0.39 is 0 Å². The van der Waals surface area contributed by atoms with E-state index in [1.165, 1.54) is 11.1 Å². The maximum Gasteiger partial charge on any atom is 0.110 e. The zero-order valence-electron chi connectivity index (χ0n) is 8.70. The van der Waals surface area contributed by atoms with Gasteiger partial charge >= 0.3 is 0 Å². The first-order chi connectivity index (χ1) is 6.27. The third kappa shape index (κ3) is 1.89. The van der Waals surface area contributed by atoms with Crippen molar-refractivity contribution in [1.82, 2.24) is 9.38 Å². The van der Waals surface area contributed by atoms with E-state index in [-0.39, 0.29) is 0 Å². The predicted molar refractivity (Wildman–Crippen MR) is 56.0 cm³/mol. The van der Waals surface area contributed by atoms with Crippen LogP contribution in [0.1, 0.15) is 25.2 Å². The number of aryl methyl sites for hydroxylation is 2. The van der Waals surface area contributed by atoms with Gasteiger partial charge in [0.15, 0.2) is 0 Å². The van der Waals surface area contributed by atoms with Crippen LogP contribution in [0.15, 0.2) is 24.5 Å². The third-order valence-electron chi connectivity index (χ3n) is 1.87. The first-order valence-corrected chi connectivity index (χ1v) is 4.68. The first-order valence-electron chi connectivity index (χ1n) is 4.68. The van der Waals surface area contributed by atoms with E-state index >= 15 is 0 Å². The van der Waals surface area contributed by atoms with Crippen LogP contribution in [0.5, 0.6) is 0 Å². The molecule has 2 heterocycles. The minimum absolute atomic E-state index is 1.04. The lowest BCUT2D eigenvalue weighted by molar-refractivity contribution is 1.04. The molecule has 0 bridgehead atoms. The van der Waals surface area contributed by atoms with Crippen molar-refractivity contribution in [1.29, 1.82) is 0 Å². The van der Waals surface area contributed by atoms with Crippen molar-refractivity contribution in [3.63, 3.8) is 0 Å². The second-order valence-electron chi connectivity index (χ2n) is 2.80. The fraction of sp³-hybridized carbons (Fsp3) is 0.364. The second-order valence-corrected chi connectivity index (χ2v) is 2.80. The Bertz CT molecular complexity index is 388. The monoisotopic (exact) mass is 176 g/mol. The Morgan fingerprint density at radius 1 is 1.23 bits per heavy atom. The van der Waals surface area contributed by atoms with E-state index in [0.29, 0.717) is 0 Å². The van der Waals surface area contributed by atoms with Gasteiger partial charge in [0.05, 0.1) is 11.7 Å². The molecule has 0 unspecified atom stereocenters. The molecular formula is C11H16N2. The van der Waals surface area contributed by atoms with Crippen molar-refractivity contribution in [2.45, 2.75) is 27.7 Å². The highest BCUT2D eigenvalue weighted by atomic mass is 15.0. The molecule has 0 amide bonds. The molecule has 0 aliphatic heterocycles. The van der Waals surface area contributed by atoms with Crippen LogP contribution >= 0.6 is 0 Å². The summed E-state index contributed by atoms with van der Waals surface area (Å²) in [7, 11) is 0. The van der Waals surface area contributed by atoms with Gasteiger partial charge in [-0.1, -0.05) is 13.8 Å². The number of aromatic nitrogens is 2. The summed E-state index contributed by atoms with van der Waals surface area (Å²) < 4.78 is 2.08. The fourth-order valence-corrected chi connectivity index (χ4v) is 1.25. The van der Waals surface area contributed by atoms with Crippen LogP contribution in [0.25, 0.3) is 5.52 Å². The second kappa shape index (κ2) is 4.08. The Morgan fingerprint density at radius 3 is 2.62 bits per heavy atom. The van der Waals surface area contributed by atoms with Gasteiger partial charge in [0.25, 0.3) is 0 Å². The van der Waals surface area contributed by atoms with Gasteiger partial charge in [0.2, 0.25) is 0 Å². The van der Waals surface area contributed by atoms with Gasteiger partial charge in [-0.3, -0.25) is 0 Å². The number of hydrogen-bond acceptors (Lipinski definition) is 1. The van der Waals surface area contributed by atoms with Gasteiger partial charge in [0, 0.05) is 6.20 Å². The summed E-state index contributed by atoms with van der Waals surface area (Å²) in [4.78, 5) is 4.20. The van der Waals surface area contributed by atoms with Crippen LogP contribution in [0.3, 0.4) is 0 Å². The Kier molecular flexibility index (Phi) is 3.07. The highest BCUT2D eigenvalue weighted by Crippen LogP contribution is 2.07. The highest BCUT2D eigenvalue weighted by molar-refractivity contribution is 5.47. The summed E-state index contributed by atoms with van der Waals surface area (Å²) >= 11 is 0. The largest absolute Gasteiger partial charge is 0.304 e. The Hall–Kier alpha value is -1.31. The summed E-state index contributed by atoms with van der Waals surface area (Å²) in [6.45, 7) is 8.09. The molecule has 2 aromatic heterocycles. The predicted octanol–water partition coefficient (Wildman–Crippen LogP) is 2.98. The number of nitrogens with zero attached hydrogens (tertiary/aromatic N) is 2. The molecule has 70 valence electrons. The molecule has 0 atom stereocenters. The van der Waals surface area contributed by atoms with Crippen molar-refractivity contribution < 1.29 is 0 Å². The van der Waals surface area contributed by atoms with Crippen LogP contribution in [-0.2, 0) is 0 Å². The third-order valence-corrected chi connectivity index (χ3v) is 1.87.